The Kier molecular flexibility index (Phi) is 7.49. The van der Waals surface area contributed by atoms with E-state index in [0.717, 1.165) is 36.6 Å². The molecule has 0 aliphatic heterocycles. The van der Waals surface area contributed by atoms with Gasteiger partial charge < -0.3 is 10.0 Å². The highest BCUT2D eigenvalue weighted by atomic mass is 32.2. The molecule has 0 aliphatic carbocycles. The van der Waals surface area contributed by atoms with Crippen LogP contribution in [0.3, 0.4) is 0 Å². The van der Waals surface area contributed by atoms with E-state index in [1.807, 2.05) is 60.7 Å². The Morgan fingerprint density at radius 3 is 2.24 bits per heavy atom. The smallest absolute Gasteiger partial charge is 0.266 e. The minimum atomic E-state index is -0.217. The van der Waals surface area contributed by atoms with Gasteiger partial charge >= 0.3 is 0 Å². The third-order valence-corrected chi connectivity index (χ3v) is 5.99. The zero-order chi connectivity index (χ0) is 20.6. The van der Waals surface area contributed by atoms with Gasteiger partial charge in [-0.1, -0.05) is 60.3 Å². The van der Waals surface area contributed by atoms with Crippen LogP contribution in [0, 0.1) is 0 Å². The second kappa shape index (κ2) is 10.3. The van der Waals surface area contributed by atoms with Gasteiger partial charge in [-0.2, -0.15) is 4.98 Å². The summed E-state index contributed by atoms with van der Waals surface area (Å²) in [5.41, 5.74) is 1.83. The largest absolute Gasteiger partial charge is 0.493 e. The van der Waals surface area contributed by atoms with Crippen LogP contribution in [0.15, 0.2) is 70.6 Å². The number of nitrogens with zero attached hydrogens (tertiary/aromatic N) is 2. The number of aromatic hydroxyl groups is 1. The highest BCUT2D eigenvalue weighted by Gasteiger charge is 2.18. The lowest BCUT2D eigenvalue weighted by molar-refractivity contribution is -0.893. The molecule has 0 saturated heterocycles. The first kappa shape index (κ1) is 21.1. The Hall–Kier alpha value is -2.57. The first-order valence-electron chi connectivity index (χ1n) is 10.0. The van der Waals surface area contributed by atoms with Crippen molar-refractivity contribution in [3.8, 4) is 11.6 Å². The molecule has 0 saturated carbocycles. The van der Waals surface area contributed by atoms with E-state index in [2.05, 4.69) is 18.8 Å². The van der Waals surface area contributed by atoms with Crippen molar-refractivity contribution >= 4 is 11.8 Å². The van der Waals surface area contributed by atoms with E-state index < -0.39 is 0 Å². The highest BCUT2D eigenvalue weighted by Crippen LogP contribution is 2.23. The third-order valence-electron chi connectivity index (χ3n) is 5.05. The van der Waals surface area contributed by atoms with E-state index in [1.54, 1.807) is 4.57 Å². The van der Waals surface area contributed by atoms with Crippen molar-refractivity contribution in [2.45, 2.75) is 25.4 Å². The van der Waals surface area contributed by atoms with Crippen LogP contribution in [0.1, 0.15) is 25.0 Å². The average molecular weight is 411 g/mol. The normalized spacial score (nSPS) is 11.1. The molecule has 0 spiro atoms. The first-order valence-corrected chi connectivity index (χ1v) is 11.0. The molecule has 3 aromatic rings. The van der Waals surface area contributed by atoms with Crippen LogP contribution in [0.2, 0.25) is 0 Å². The maximum absolute atomic E-state index is 13.4. The van der Waals surface area contributed by atoms with Crippen molar-refractivity contribution in [3.05, 3.63) is 82.1 Å². The van der Waals surface area contributed by atoms with Crippen LogP contribution < -0.4 is 10.5 Å². The quantitative estimate of drug-likeness (QED) is 0.420. The molecule has 29 heavy (non-hydrogen) atoms. The fraction of sp³-hybridized carbons (Fsp3) is 0.304. The molecule has 0 aliphatic rings. The van der Waals surface area contributed by atoms with Crippen LogP contribution in [0.4, 0.5) is 0 Å². The predicted molar refractivity (Wildman–Crippen MR) is 118 cm³/mol. The standard InChI is InChI=1S/C23H27N3O2S/c1-3-25(4-2)15-16-29-23-24-21(27)20(17-18-11-7-5-8-12-18)22(28)26(23)19-13-9-6-10-14-19/h5-14,27H,3-4,15-17H2,1-2H3/p+1. The topological polar surface area (TPSA) is 59.6 Å². The zero-order valence-corrected chi connectivity index (χ0v) is 17.8. The minimum absolute atomic E-state index is 0.177. The number of quaternary nitrogens is 1. The number of aromatic nitrogens is 2. The van der Waals surface area contributed by atoms with Crippen LogP contribution >= 0.6 is 11.8 Å². The molecule has 1 aromatic heterocycles. The molecule has 0 unspecified atom stereocenters. The molecule has 0 amide bonds. The Balaban J connectivity index is 1.98. The third kappa shape index (κ3) is 5.28. The van der Waals surface area contributed by atoms with Gasteiger partial charge in [0.15, 0.2) is 5.16 Å². The molecule has 0 fully saturated rings. The summed E-state index contributed by atoms with van der Waals surface area (Å²) in [6.45, 7) is 7.46. The minimum Gasteiger partial charge on any atom is -0.493 e. The summed E-state index contributed by atoms with van der Waals surface area (Å²) in [5.74, 6) is 0.650. The number of rotatable bonds is 9. The van der Waals surface area contributed by atoms with Crippen molar-refractivity contribution in [1.82, 2.24) is 9.55 Å². The number of para-hydroxylation sites is 1. The SMILES string of the molecule is CC[NH+](CC)CCSc1nc(O)c(Cc2ccccc2)c(=O)n1-c1ccccc1. The number of benzene rings is 2. The Labute approximate surface area is 176 Å². The lowest BCUT2D eigenvalue weighted by atomic mass is 10.1. The van der Waals surface area contributed by atoms with Crippen molar-refractivity contribution in [2.75, 3.05) is 25.4 Å². The van der Waals surface area contributed by atoms with Crippen LogP contribution in [0.25, 0.3) is 5.69 Å². The summed E-state index contributed by atoms with van der Waals surface area (Å²) in [7, 11) is 0. The van der Waals surface area contributed by atoms with Crippen LogP contribution in [-0.4, -0.2) is 40.0 Å². The number of thioether (sulfide) groups is 1. The Bertz CT molecular complexity index is 971. The molecule has 1 heterocycles. The molecule has 152 valence electrons. The predicted octanol–water partition coefficient (Wildman–Crippen LogP) is 2.55. The van der Waals surface area contributed by atoms with Crippen LogP contribution in [0.5, 0.6) is 5.88 Å². The summed E-state index contributed by atoms with van der Waals surface area (Å²) in [4.78, 5) is 19.3. The summed E-state index contributed by atoms with van der Waals surface area (Å²) in [6.07, 6.45) is 0.347. The van der Waals surface area contributed by atoms with Crippen molar-refractivity contribution in [2.24, 2.45) is 0 Å². The lowest BCUT2D eigenvalue weighted by Crippen LogP contribution is -3.11. The van der Waals surface area contributed by atoms with Gasteiger partial charge in [-0.25, -0.2) is 0 Å². The second-order valence-electron chi connectivity index (χ2n) is 6.89. The van der Waals surface area contributed by atoms with E-state index in [9.17, 15) is 9.90 Å². The monoisotopic (exact) mass is 410 g/mol. The number of hydrogen-bond acceptors (Lipinski definition) is 4. The molecule has 6 heteroatoms. The van der Waals surface area contributed by atoms with Crippen LogP contribution in [-0.2, 0) is 6.42 Å². The number of nitrogens with one attached hydrogen (secondary N) is 1. The Morgan fingerprint density at radius 1 is 1.00 bits per heavy atom. The maximum atomic E-state index is 13.4. The van der Waals surface area contributed by atoms with E-state index in [0.29, 0.717) is 17.1 Å². The average Bonchev–Trinajstić information content (AvgIpc) is 2.75. The number of hydrogen-bond donors (Lipinski definition) is 2. The van der Waals surface area contributed by atoms with Gasteiger partial charge in [0, 0.05) is 6.42 Å². The molecule has 2 aromatic carbocycles. The van der Waals surface area contributed by atoms with Crippen molar-refractivity contribution in [3.63, 3.8) is 0 Å². The lowest BCUT2D eigenvalue weighted by Gasteiger charge is -2.17. The van der Waals surface area contributed by atoms with Crippen molar-refractivity contribution in [1.29, 1.82) is 0 Å². The molecule has 3 rings (SSSR count). The summed E-state index contributed by atoms with van der Waals surface area (Å²) in [5, 5.41) is 11.1. The van der Waals surface area contributed by atoms with Crippen molar-refractivity contribution < 1.29 is 10.0 Å². The molecular formula is C23H28N3O2S+. The molecule has 0 atom stereocenters. The fourth-order valence-corrected chi connectivity index (χ4v) is 4.31. The maximum Gasteiger partial charge on any atom is 0.266 e. The van der Waals surface area contributed by atoms with Gasteiger partial charge in [0.2, 0.25) is 5.88 Å². The van der Waals surface area contributed by atoms with Gasteiger partial charge in [0.1, 0.15) is 0 Å². The van der Waals surface area contributed by atoms with E-state index in [4.69, 9.17) is 0 Å². The van der Waals surface area contributed by atoms with Gasteiger partial charge in [-0.15, -0.1) is 0 Å². The van der Waals surface area contributed by atoms with Gasteiger partial charge in [-0.05, 0) is 31.5 Å². The van der Waals surface area contributed by atoms with Gasteiger partial charge in [-0.3, -0.25) is 9.36 Å². The van der Waals surface area contributed by atoms with E-state index >= 15 is 0 Å². The van der Waals surface area contributed by atoms with E-state index in [1.165, 1.54) is 16.7 Å². The Morgan fingerprint density at radius 2 is 1.62 bits per heavy atom. The molecular weight excluding hydrogens is 382 g/mol. The summed E-state index contributed by atoms with van der Waals surface area (Å²) < 4.78 is 1.63. The first-order chi connectivity index (χ1) is 14.1. The fourth-order valence-electron chi connectivity index (χ4n) is 3.27. The van der Waals surface area contributed by atoms with E-state index in [-0.39, 0.29) is 11.4 Å². The zero-order valence-electron chi connectivity index (χ0n) is 17.0. The van der Waals surface area contributed by atoms with Gasteiger partial charge in [0.05, 0.1) is 36.6 Å². The molecule has 2 N–H and O–H groups in total. The highest BCUT2D eigenvalue weighted by molar-refractivity contribution is 7.99. The van der Waals surface area contributed by atoms with Gasteiger partial charge in [0.25, 0.3) is 5.56 Å². The summed E-state index contributed by atoms with van der Waals surface area (Å²) >= 11 is 1.52. The second-order valence-corrected chi connectivity index (χ2v) is 7.95. The molecule has 0 radical (unpaired) electrons. The summed E-state index contributed by atoms with van der Waals surface area (Å²) in [6, 6.07) is 19.2. The molecule has 5 nitrogen and oxygen atoms in total. The molecule has 0 bridgehead atoms.